The summed E-state index contributed by atoms with van der Waals surface area (Å²) in [4.78, 5) is 2.26. The van der Waals surface area contributed by atoms with E-state index in [9.17, 15) is 0 Å². The van der Waals surface area contributed by atoms with Gasteiger partial charge in [0.05, 0.1) is 0 Å². The van der Waals surface area contributed by atoms with Crippen LogP contribution in [0.2, 0.25) is 0 Å². The van der Waals surface area contributed by atoms with Gasteiger partial charge in [0.25, 0.3) is 0 Å². The first-order valence-corrected chi connectivity index (χ1v) is 4.41. The second-order valence-electron chi connectivity index (χ2n) is 2.32. The first kappa shape index (κ1) is 10.3. The van der Waals surface area contributed by atoms with E-state index in [0.717, 1.165) is 13.0 Å². The zero-order valence-corrected chi connectivity index (χ0v) is 8.09. The van der Waals surface area contributed by atoms with Crippen LogP contribution in [0.25, 0.3) is 0 Å². The van der Waals surface area contributed by atoms with Crippen molar-refractivity contribution >= 4 is 0 Å². The number of allylic oxidation sites excluding steroid dienone is 3. The van der Waals surface area contributed by atoms with Crippen molar-refractivity contribution in [2.45, 2.75) is 27.2 Å². The second kappa shape index (κ2) is 6.02. The quantitative estimate of drug-likeness (QED) is 0.560. The molecule has 0 unspecified atom stereocenters. The predicted molar refractivity (Wildman–Crippen MR) is 51.5 cm³/mol. The Kier molecular flexibility index (Phi) is 5.63. The Labute approximate surface area is 70.4 Å². The molecule has 1 heteroatoms. The number of rotatable bonds is 1. The Hall–Kier alpha value is -0.720. The normalized spacial score (nSPS) is 15.3. The van der Waals surface area contributed by atoms with E-state index in [-0.39, 0.29) is 0 Å². The van der Waals surface area contributed by atoms with Gasteiger partial charge in [-0.1, -0.05) is 32.9 Å². The van der Waals surface area contributed by atoms with E-state index in [1.165, 1.54) is 5.70 Å². The van der Waals surface area contributed by atoms with E-state index in [2.05, 4.69) is 37.1 Å². The van der Waals surface area contributed by atoms with Crippen molar-refractivity contribution < 1.29 is 0 Å². The van der Waals surface area contributed by atoms with Crippen LogP contribution in [0.15, 0.2) is 23.9 Å². The Morgan fingerprint density at radius 3 is 2.45 bits per heavy atom. The lowest BCUT2D eigenvalue weighted by Crippen LogP contribution is -2.18. The molecule has 0 aromatic heterocycles. The van der Waals surface area contributed by atoms with E-state index in [4.69, 9.17) is 0 Å². The van der Waals surface area contributed by atoms with Crippen LogP contribution in [-0.4, -0.2) is 18.5 Å². The molecule has 1 aliphatic rings. The van der Waals surface area contributed by atoms with Crippen molar-refractivity contribution in [3.8, 4) is 0 Å². The lowest BCUT2D eigenvalue weighted by molar-refractivity contribution is 0.444. The summed E-state index contributed by atoms with van der Waals surface area (Å²) in [5.41, 5.74) is 1.43. The van der Waals surface area contributed by atoms with Gasteiger partial charge in [0.1, 0.15) is 0 Å². The minimum atomic E-state index is 1.07. The molecule has 64 valence electrons. The van der Waals surface area contributed by atoms with Crippen molar-refractivity contribution in [2.75, 3.05) is 13.6 Å². The molecule has 1 nitrogen and oxygen atoms in total. The minimum absolute atomic E-state index is 1.07. The van der Waals surface area contributed by atoms with Gasteiger partial charge >= 0.3 is 0 Å². The summed E-state index contributed by atoms with van der Waals surface area (Å²) in [7, 11) is 2.12. The van der Waals surface area contributed by atoms with E-state index in [1.54, 1.807) is 0 Å². The molecule has 1 aliphatic heterocycles. The fraction of sp³-hybridized carbons (Fsp3) is 0.600. The molecular formula is C10H19N. The molecule has 0 fully saturated rings. The maximum Gasteiger partial charge on any atom is 0.0356 e. The number of nitrogens with zero attached hydrogens (tertiary/aromatic N) is 1. The maximum atomic E-state index is 2.26. The summed E-state index contributed by atoms with van der Waals surface area (Å²) in [5.74, 6) is 0. The van der Waals surface area contributed by atoms with E-state index in [1.807, 2.05) is 13.8 Å². The van der Waals surface area contributed by atoms with Gasteiger partial charge in [-0.25, -0.2) is 0 Å². The summed E-state index contributed by atoms with van der Waals surface area (Å²) < 4.78 is 0. The zero-order chi connectivity index (χ0) is 8.69. The summed E-state index contributed by atoms with van der Waals surface area (Å²) in [6.45, 7) is 7.25. The van der Waals surface area contributed by atoms with Crippen molar-refractivity contribution in [3.05, 3.63) is 23.9 Å². The van der Waals surface area contributed by atoms with Gasteiger partial charge in [-0.15, -0.1) is 0 Å². The summed E-state index contributed by atoms with van der Waals surface area (Å²) >= 11 is 0. The minimum Gasteiger partial charge on any atom is -0.374 e. The monoisotopic (exact) mass is 153 g/mol. The summed E-state index contributed by atoms with van der Waals surface area (Å²) in [5, 5.41) is 0. The Balaban J connectivity index is 0.000000461. The third-order valence-corrected chi connectivity index (χ3v) is 1.66. The molecule has 0 spiro atoms. The molecule has 0 aromatic rings. The van der Waals surface area contributed by atoms with E-state index < -0.39 is 0 Å². The summed E-state index contributed by atoms with van der Waals surface area (Å²) in [6.07, 6.45) is 7.60. The Morgan fingerprint density at radius 1 is 1.45 bits per heavy atom. The second-order valence-corrected chi connectivity index (χ2v) is 2.32. The first-order chi connectivity index (χ1) is 5.34. The van der Waals surface area contributed by atoms with Gasteiger partial charge in [0.15, 0.2) is 0 Å². The molecule has 0 amide bonds. The van der Waals surface area contributed by atoms with Crippen LogP contribution in [0, 0.1) is 0 Å². The number of hydrogen-bond donors (Lipinski definition) is 0. The van der Waals surface area contributed by atoms with Gasteiger partial charge in [0, 0.05) is 19.3 Å². The number of likely N-dealkylation sites (N-methyl/N-ethyl adjacent to an activating group) is 1. The topological polar surface area (TPSA) is 3.24 Å². The third kappa shape index (κ3) is 3.26. The van der Waals surface area contributed by atoms with Crippen molar-refractivity contribution in [3.63, 3.8) is 0 Å². The van der Waals surface area contributed by atoms with Crippen LogP contribution < -0.4 is 0 Å². The molecule has 1 rings (SSSR count). The van der Waals surface area contributed by atoms with Crippen LogP contribution in [0.1, 0.15) is 27.2 Å². The third-order valence-electron chi connectivity index (χ3n) is 1.66. The predicted octanol–water partition coefficient (Wildman–Crippen LogP) is 2.81. The molecule has 0 aliphatic carbocycles. The highest BCUT2D eigenvalue weighted by Crippen LogP contribution is 2.09. The van der Waals surface area contributed by atoms with Crippen LogP contribution >= 0.6 is 0 Å². The molecule has 0 bridgehead atoms. The molecule has 0 saturated heterocycles. The average Bonchev–Trinajstić information content (AvgIpc) is 2.09. The van der Waals surface area contributed by atoms with E-state index in [0.29, 0.717) is 0 Å². The molecule has 0 N–H and O–H groups in total. The molecule has 0 aromatic carbocycles. The van der Waals surface area contributed by atoms with Gasteiger partial charge in [0.2, 0.25) is 0 Å². The zero-order valence-electron chi connectivity index (χ0n) is 8.09. The van der Waals surface area contributed by atoms with Gasteiger partial charge in [-0.2, -0.15) is 0 Å². The highest BCUT2D eigenvalue weighted by atomic mass is 15.1. The molecule has 0 saturated carbocycles. The van der Waals surface area contributed by atoms with Crippen molar-refractivity contribution in [1.29, 1.82) is 0 Å². The largest absolute Gasteiger partial charge is 0.374 e. The molecule has 0 radical (unpaired) electrons. The molecule has 11 heavy (non-hydrogen) atoms. The first-order valence-electron chi connectivity index (χ1n) is 4.41. The lowest BCUT2D eigenvalue weighted by atomic mass is 10.2. The van der Waals surface area contributed by atoms with Gasteiger partial charge in [-0.05, 0) is 12.5 Å². The van der Waals surface area contributed by atoms with Crippen LogP contribution in [-0.2, 0) is 0 Å². The van der Waals surface area contributed by atoms with Crippen molar-refractivity contribution in [2.24, 2.45) is 0 Å². The van der Waals surface area contributed by atoms with Crippen LogP contribution in [0.5, 0.6) is 0 Å². The van der Waals surface area contributed by atoms with Gasteiger partial charge < -0.3 is 4.90 Å². The highest BCUT2D eigenvalue weighted by Gasteiger charge is 2.00. The number of hydrogen-bond acceptors (Lipinski definition) is 1. The SMILES string of the molecule is CC.CCC1=CC=CCN1C. The fourth-order valence-corrected chi connectivity index (χ4v) is 1.03. The summed E-state index contributed by atoms with van der Waals surface area (Å²) in [6, 6.07) is 0. The lowest BCUT2D eigenvalue weighted by Gasteiger charge is -2.21. The van der Waals surface area contributed by atoms with Gasteiger partial charge in [-0.3, -0.25) is 0 Å². The molecule has 1 heterocycles. The molecule has 0 atom stereocenters. The van der Waals surface area contributed by atoms with Crippen LogP contribution in [0.3, 0.4) is 0 Å². The molecular weight excluding hydrogens is 134 g/mol. The Morgan fingerprint density at radius 2 is 2.09 bits per heavy atom. The Bertz CT molecular complexity index is 145. The average molecular weight is 153 g/mol. The van der Waals surface area contributed by atoms with Crippen molar-refractivity contribution in [1.82, 2.24) is 4.90 Å². The highest BCUT2D eigenvalue weighted by molar-refractivity contribution is 5.16. The maximum absolute atomic E-state index is 2.26. The van der Waals surface area contributed by atoms with E-state index >= 15 is 0 Å². The van der Waals surface area contributed by atoms with Crippen LogP contribution in [0.4, 0.5) is 0 Å². The standard InChI is InChI=1S/C8H13N.C2H6/c1-3-8-6-4-5-7-9(8)2;1-2/h4-6H,3,7H2,1-2H3;1-2H3. The smallest absolute Gasteiger partial charge is 0.0356 e. The fourth-order valence-electron chi connectivity index (χ4n) is 1.03.